The lowest BCUT2D eigenvalue weighted by molar-refractivity contribution is 0.0488. The van der Waals surface area contributed by atoms with E-state index in [-0.39, 0.29) is 11.4 Å². The fraction of sp³-hybridized carbons (Fsp3) is 0.350. The molecule has 4 heteroatoms. The predicted octanol–water partition coefficient (Wildman–Crippen LogP) is 3.68. The quantitative estimate of drug-likeness (QED) is 0.864. The van der Waals surface area contributed by atoms with E-state index < -0.39 is 0 Å². The Kier molecular flexibility index (Phi) is 4.22. The van der Waals surface area contributed by atoms with Gasteiger partial charge < -0.3 is 14.4 Å². The molecule has 1 amide bonds. The zero-order valence-corrected chi connectivity index (χ0v) is 14.6. The van der Waals surface area contributed by atoms with Gasteiger partial charge in [0.1, 0.15) is 0 Å². The average molecular weight is 325 g/mol. The van der Waals surface area contributed by atoms with Gasteiger partial charge >= 0.3 is 0 Å². The predicted molar refractivity (Wildman–Crippen MR) is 93.6 cm³/mol. The van der Waals surface area contributed by atoms with Gasteiger partial charge in [-0.15, -0.1) is 0 Å². The Labute approximate surface area is 143 Å². The summed E-state index contributed by atoms with van der Waals surface area (Å²) in [7, 11) is 3.27. The second-order valence-corrected chi connectivity index (χ2v) is 6.72. The highest BCUT2D eigenvalue weighted by Gasteiger charge is 2.37. The molecule has 1 aliphatic heterocycles. The molecular formula is C20H23NO3. The first-order valence-electron chi connectivity index (χ1n) is 8.07. The van der Waals surface area contributed by atoms with E-state index in [4.69, 9.17) is 9.47 Å². The fourth-order valence-corrected chi connectivity index (χ4v) is 3.30. The molecule has 0 saturated heterocycles. The second kappa shape index (κ2) is 6.19. The highest BCUT2D eigenvalue weighted by Crippen LogP contribution is 2.38. The van der Waals surface area contributed by atoms with E-state index in [1.165, 1.54) is 5.56 Å². The number of hydrogen-bond acceptors (Lipinski definition) is 3. The average Bonchev–Trinajstić information content (AvgIpc) is 2.59. The number of nitrogens with zero attached hydrogens (tertiary/aromatic N) is 1. The SMILES string of the molecule is COc1cc2c(cc1OC)CC(C)(C)N(C(=O)c1ccccc1)C2. The molecule has 0 radical (unpaired) electrons. The molecule has 126 valence electrons. The van der Waals surface area contributed by atoms with Crippen LogP contribution in [0.4, 0.5) is 0 Å². The van der Waals surface area contributed by atoms with Crippen molar-refractivity contribution in [1.82, 2.24) is 4.90 Å². The zero-order valence-electron chi connectivity index (χ0n) is 14.6. The summed E-state index contributed by atoms with van der Waals surface area (Å²) in [6.07, 6.45) is 0.779. The third-order valence-corrected chi connectivity index (χ3v) is 4.65. The molecule has 0 aromatic heterocycles. The van der Waals surface area contributed by atoms with Crippen molar-refractivity contribution in [2.75, 3.05) is 14.2 Å². The van der Waals surface area contributed by atoms with E-state index in [1.54, 1.807) is 14.2 Å². The van der Waals surface area contributed by atoms with Gasteiger partial charge in [-0.25, -0.2) is 0 Å². The number of carbonyl (C=O) groups excluding carboxylic acids is 1. The lowest BCUT2D eigenvalue weighted by Crippen LogP contribution is -2.51. The van der Waals surface area contributed by atoms with Gasteiger partial charge in [0.15, 0.2) is 11.5 Å². The number of carbonyl (C=O) groups is 1. The lowest BCUT2D eigenvalue weighted by atomic mass is 9.84. The van der Waals surface area contributed by atoms with Crippen molar-refractivity contribution in [3.05, 3.63) is 59.2 Å². The second-order valence-electron chi connectivity index (χ2n) is 6.72. The molecule has 0 aliphatic carbocycles. The Morgan fingerprint density at radius 1 is 1.00 bits per heavy atom. The molecule has 0 bridgehead atoms. The largest absolute Gasteiger partial charge is 0.493 e. The van der Waals surface area contributed by atoms with Crippen LogP contribution in [-0.4, -0.2) is 30.6 Å². The molecule has 0 spiro atoms. The third kappa shape index (κ3) is 2.84. The van der Waals surface area contributed by atoms with E-state index in [1.807, 2.05) is 47.4 Å². The molecule has 2 aromatic carbocycles. The van der Waals surface area contributed by atoms with E-state index in [0.29, 0.717) is 12.3 Å². The van der Waals surface area contributed by atoms with E-state index in [9.17, 15) is 4.79 Å². The number of hydrogen-bond donors (Lipinski definition) is 0. The number of ether oxygens (including phenoxy) is 2. The van der Waals surface area contributed by atoms with Crippen LogP contribution in [0, 0.1) is 0 Å². The van der Waals surface area contributed by atoms with Crippen LogP contribution in [0.15, 0.2) is 42.5 Å². The first-order chi connectivity index (χ1) is 11.5. The minimum absolute atomic E-state index is 0.0565. The van der Waals surface area contributed by atoms with Crippen LogP contribution in [0.25, 0.3) is 0 Å². The zero-order chi connectivity index (χ0) is 17.3. The molecule has 2 aromatic rings. The summed E-state index contributed by atoms with van der Waals surface area (Å²) in [5.74, 6) is 1.49. The van der Waals surface area contributed by atoms with Crippen molar-refractivity contribution in [3.8, 4) is 11.5 Å². The number of fused-ring (bicyclic) bond motifs is 1. The summed E-state index contributed by atoms with van der Waals surface area (Å²) in [5, 5.41) is 0. The summed E-state index contributed by atoms with van der Waals surface area (Å²) in [6.45, 7) is 4.78. The van der Waals surface area contributed by atoms with Crippen molar-refractivity contribution < 1.29 is 14.3 Å². The summed E-state index contributed by atoms with van der Waals surface area (Å²) in [5.41, 5.74) is 2.76. The van der Waals surface area contributed by atoms with Crippen LogP contribution in [0.2, 0.25) is 0 Å². The molecule has 0 saturated carbocycles. The van der Waals surface area contributed by atoms with Crippen LogP contribution in [-0.2, 0) is 13.0 Å². The van der Waals surface area contributed by atoms with Gasteiger partial charge in [-0.3, -0.25) is 4.79 Å². The van der Waals surface area contributed by atoms with Gasteiger partial charge in [0.25, 0.3) is 5.91 Å². The summed E-state index contributed by atoms with van der Waals surface area (Å²) in [6, 6.07) is 13.4. The summed E-state index contributed by atoms with van der Waals surface area (Å²) < 4.78 is 10.8. The monoisotopic (exact) mass is 325 g/mol. The number of benzene rings is 2. The van der Waals surface area contributed by atoms with E-state index in [0.717, 1.165) is 23.3 Å². The standard InChI is InChI=1S/C20H23NO3/c1-20(2)12-15-10-17(23-3)18(24-4)11-16(15)13-21(20)19(22)14-8-6-5-7-9-14/h5-11H,12-13H2,1-4H3. The van der Waals surface area contributed by atoms with Crippen molar-refractivity contribution in [2.45, 2.75) is 32.4 Å². The third-order valence-electron chi connectivity index (χ3n) is 4.65. The van der Waals surface area contributed by atoms with Crippen molar-refractivity contribution in [2.24, 2.45) is 0 Å². The first kappa shape index (κ1) is 16.4. The Bertz CT molecular complexity index is 753. The highest BCUT2D eigenvalue weighted by atomic mass is 16.5. The highest BCUT2D eigenvalue weighted by molar-refractivity contribution is 5.94. The molecule has 3 rings (SSSR count). The molecule has 0 N–H and O–H groups in total. The van der Waals surface area contributed by atoms with Crippen LogP contribution in [0.3, 0.4) is 0 Å². The molecule has 1 aliphatic rings. The van der Waals surface area contributed by atoms with Gasteiger partial charge in [-0.1, -0.05) is 18.2 Å². The van der Waals surface area contributed by atoms with Gasteiger partial charge in [-0.2, -0.15) is 0 Å². The van der Waals surface area contributed by atoms with Gasteiger partial charge in [0.2, 0.25) is 0 Å². The molecule has 0 fully saturated rings. The smallest absolute Gasteiger partial charge is 0.254 e. The maximum absolute atomic E-state index is 13.0. The van der Waals surface area contributed by atoms with Gasteiger partial charge in [0.05, 0.1) is 14.2 Å². The molecule has 0 unspecified atom stereocenters. The van der Waals surface area contributed by atoms with E-state index >= 15 is 0 Å². The maximum atomic E-state index is 13.0. The molecule has 1 heterocycles. The van der Waals surface area contributed by atoms with Crippen LogP contribution in [0.1, 0.15) is 35.3 Å². The fourth-order valence-electron chi connectivity index (χ4n) is 3.30. The van der Waals surface area contributed by atoms with Crippen molar-refractivity contribution in [3.63, 3.8) is 0 Å². The lowest BCUT2D eigenvalue weighted by Gasteiger charge is -2.43. The number of rotatable bonds is 3. The molecule has 24 heavy (non-hydrogen) atoms. The van der Waals surface area contributed by atoms with E-state index in [2.05, 4.69) is 13.8 Å². The van der Waals surface area contributed by atoms with Gasteiger partial charge in [-0.05, 0) is 55.7 Å². The van der Waals surface area contributed by atoms with Crippen LogP contribution < -0.4 is 9.47 Å². The summed E-state index contributed by atoms with van der Waals surface area (Å²) >= 11 is 0. The molecule has 4 nitrogen and oxygen atoms in total. The van der Waals surface area contributed by atoms with Crippen LogP contribution in [0.5, 0.6) is 11.5 Å². The first-order valence-corrected chi connectivity index (χ1v) is 8.07. The Morgan fingerprint density at radius 3 is 2.17 bits per heavy atom. The van der Waals surface area contributed by atoms with Crippen molar-refractivity contribution >= 4 is 5.91 Å². The van der Waals surface area contributed by atoms with Crippen LogP contribution >= 0.6 is 0 Å². The number of amides is 1. The Morgan fingerprint density at radius 2 is 1.58 bits per heavy atom. The van der Waals surface area contributed by atoms with Crippen molar-refractivity contribution in [1.29, 1.82) is 0 Å². The normalized spacial score (nSPS) is 15.6. The minimum Gasteiger partial charge on any atom is -0.493 e. The molecular weight excluding hydrogens is 302 g/mol. The van der Waals surface area contributed by atoms with Gasteiger partial charge in [0, 0.05) is 17.6 Å². The number of methoxy groups -OCH3 is 2. The maximum Gasteiger partial charge on any atom is 0.254 e. The Hall–Kier alpha value is -2.49. The topological polar surface area (TPSA) is 38.8 Å². The summed E-state index contributed by atoms with van der Waals surface area (Å²) in [4.78, 5) is 14.9. The Balaban J connectivity index is 1.99. The molecule has 0 atom stereocenters. The minimum atomic E-state index is -0.264.